The molecular formula is C27H22ClN3O5. The average Bonchev–Trinajstić information content (AvgIpc) is 3.08. The molecule has 0 radical (unpaired) electrons. The smallest absolute Gasteiger partial charge is 0.338 e. The van der Waals surface area contributed by atoms with Crippen molar-refractivity contribution in [1.82, 2.24) is 0 Å². The Morgan fingerprint density at radius 1 is 0.889 bits per heavy atom. The number of ether oxygens (including phenoxy) is 1. The van der Waals surface area contributed by atoms with Gasteiger partial charge in [-0.1, -0.05) is 41.4 Å². The Morgan fingerprint density at radius 3 is 2.31 bits per heavy atom. The summed E-state index contributed by atoms with van der Waals surface area (Å²) in [5.41, 5.74) is 2.68. The third kappa shape index (κ3) is 5.13. The molecule has 182 valence electrons. The van der Waals surface area contributed by atoms with E-state index < -0.39 is 17.8 Å². The van der Waals surface area contributed by atoms with Gasteiger partial charge in [0.25, 0.3) is 17.7 Å². The standard InChI is InChI=1S/C27H22ClN3O5/c1-3-36-27(35)18-7-5-9-21(15-18)31-25(33)22(28)23(26(31)34)29-20-8-4-6-17(14-20)24(32)30-19-12-10-16(2)11-13-19/h4-15,29H,3H2,1-2H3,(H,30,32). The average molecular weight is 504 g/mol. The Balaban J connectivity index is 1.53. The van der Waals surface area contributed by atoms with Gasteiger partial charge in [-0.2, -0.15) is 0 Å². The van der Waals surface area contributed by atoms with E-state index in [4.69, 9.17) is 16.3 Å². The van der Waals surface area contributed by atoms with E-state index in [1.165, 1.54) is 24.3 Å². The van der Waals surface area contributed by atoms with Gasteiger partial charge in [0, 0.05) is 16.9 Å². The highest BCUT2D eigenvalue weighted by molar-refractivity contribution is 6.53. The summed E-state index contributed by atoms with van der Waals surface area (Å²) in [7, 11) is 0. The lowest BCUT2D eigenvalue weighted by Crippen LogP contribution is -2.32. The molecule has 0 aliphatic carbocycles. The van der Waals surface area contributed by atoms with E-state index in [0.717, 1.165) is 10.5 Å². The second-order valence-electron chi connectivity index (χ2n) is 7.93. The van der Waals surface area contributed by atoms with Gasteiger partial charge in [-0.3, -0.25) is 14.4 Å². The number of carbonyl (C=O) groups is 4. The lowest BCUT2D eigenvalue weighted by Gasteiger charge is -2.16. The largest absolute Gasteiger partial charge is 0.462 e. The molecule has 9 heteroatoms. The number of carbonyl (C=O) groups excluding carboxylic acids is 4. The van der Waals surface area contributed by atoms with Crippen LogP contribution >= 0.6 is 11.6 Å². The number of nitrogens with one attached hydrogen (secondary N) is 2. The van der Waals surface area contributed by atoms with Gasteiger partial charge in [0.05, 0.1) is 17.9 Å². The van der Waals surface area contributed by atoms with Crippen molar-refractivity contribution in [2.24, 2.45) is 0 Å². The van der Waals surface area contributed by atoms with Gasteiger partial charge in [-0.25, -0.2) is 9.69 Å². The van der Waals surface area contributed by atoms with Crippen molar-refractivity contribution in [2.75, 3.05) is 22.1 Å². The number of imide groups is 1. The number of rotatable bonds is 7. The second-order valence-corrected chi connectivity index (χ2v) is 8.31. The summed E-state index contributed by atoms with van der Waals surface area (Å²) < 4.78 is 4.98. The fourth-order valence-electron chi connectivity index (χ4n) is 3.55. The van der Waals surface area contributed by atoms with Gasteiger partial charge in [0.15, 0.2) is 0 Å². The number of anilines is 3. The monoisotopic (exact) mass is 503 g/mol. The number of hydrogen-bond donors (Lipinski definition) is 2. The third-order valence-corrected chi connectivity index (χ3v) is 5.70. The molecule has 1 aliphatic heterocycles. The number of hydrogen-bond acceptors (Lipinski definition) is 6. The first kappa shape index (κ1) is 24.7. The highest BCUT2D eigenvalue weighted by Gasteiger charge is 2.39. The van der Waals surface area contributed by atoms with Crippen molar-refractivity contribution >= 4 is 52.4 Å². The molecule has 2 N–H and O–H groups in total. The van der Waals surface area contributed by atoms with Crippen LogP contribution in [0, 0.1) is 6.92 Å². The van der Waals surface area contributed by atoms with Crippen LogP contribution in [-0.4, -0.2) is 30.3 Å². The molecular weight excluding hydrogens is 482 g/mol. The van der Waals surface area contributed by atoms with E-state index in [2.05, 4.69) is 10.6 Å². The van der Waals surface area contributed by atoms with Crippen molar-refractivity contribution in [3.8, 4) is 0 Å². The van der Waals surface area contributed by atoms with Crippen LogP contribution in [0.15, 0.2) is 83.5 Å². The molecule has 0 saturated carbocycles. The minimum absolute atomic E-state index is 0.140. The molecule has 8 nitrogen and oxygen atoms in total. The molecule has 0 unspecified atom stereocenters. The van der Waals surface area contributed by atoms with E-state index in [-0.39, 0.29) is 34.5 Å². The summed E-state index contributed by atoms with van der Waals surface area (Å²) in [4.78, 5) is 51.6. The van der Waals surface area contributed by atoms with E-state index >= 15 is 0 Å². The normalized spacial score (nSPS) is 13.1. The minimum atomic E-state index is -0.738. The molecule has 1 aliphatic rings. The first-order valence-electron chi connectivity index (χ1n) is 11.1. The van der Waals surface area contributed by atoms with Crippen LogP contribution in [-0.2, 0) is 14.3 Å². The number of aryl methyl sites for hydroxylation is 1. The molecule has 1 heterocycles. The Labute approximate surface area is 212 Å². The molecule has 3 aromatic rings. The quantitative estimate of drug-likeness (QED) is 0.352. The molecule has 0 aromatic heterocycles. The highest BCUT2D eigenvalue weighted by atomic mass is 35.5. The zero-order chi connectivity index (χ0) is 25.8. The van der Waals surface area contributed by atoms with Crippen molar-refractivity contribution in [3.63, 3.8) is 0 Å². The van der Waals surface area contributed by atoms with E-state index in [1.807, 2.05) is 19.1 Å². The third-order valence-electron chi connectivity index (χ3n) is 5.35. The predicted octanol–water partition coefficient (Wildman–Crippen LogP) is 4.86. The first-order valence-corrected chi connectivity index (χ1v) is 11.5. The number of esters is 1. The van der Waals surface area contributed by atoms with Crippen molar-refractivity contribution < 1.29 is 23.9 Å². The topological polar surface area (TPSA) is 105 Å². The van der Waals surface area contributed by atoms with Gasteiger partial charge in [0.2, 0.25) is 0 Å². The van der Waals surface area contributed by atoms with E-state index in [0.29, 0.717) is 16.9 Å². The molecule has 0 fully saturated rings. The van der Waals surface area contributed by atoms with Crippen molar-refractivity contribution in [1.29, 1.82) is 0 Å². The summed E-state index contributed by atoms with van der Waals surface area (Å²) in [6.07, 6.45) is 0. The number of halogens is 1. The van der Waals surface area contributed by atoms with Gasteiger partial charge >= 0.3 is 5.97 Å². The molecule has 3 aromatic carbocycles. The molecule has 0 saturated heterocycles. The van der Waals surface area contributed by atoms with Crippen LogP contribution in [0.25, 0.3) is 0 Å². The van der Waals surface area contributed by atoms with Crippen LogP contribution in [0.4, 0.5) is 17.1 Å². The zero-order valence-electron chi connectivity index (χ0n) is 19.5. The van der Waals surface area contributed by atoms with Crippen molar-refractivity contribution in [2.45, 2.75) is 13.8 Å². The fraction of sp³-hybridized carbons (Fsp3) is 0.111. The second kappa shape index (κ2) is 10.5. The Bertz CT molecular complexity index is 1400. The highest BCUT2D eigenvalue weighted by Crippen LogP contribution is 2.31. The lowest BCUT2D eigenvalue weighted by atomic mass is 10.1. The molecule has 3 amide bonds. The van der Waals surface area contributed by atoms with Gasteiger partial charge in [-0.15, -0.1) is 0 Å². The van der Waals surface area contributed by atoms with Crippen LogP contribution in [0.2, 0.25) is 0 Å². The predicted molar refractivity (Wildman–Crippen MR) is 137 cm³/mol. The lowest BCUT2D eigenvalue weighted by molar-refractivity contribution is -0.120. The maximum atomic E-state index is 13.1. The van der Waals surface area contributed by atoms with Crippen LogP contribution in [0.1, 0.15) is 33.2 Å². The number of nitrogens with zero attached hydrogens (tertiary/aromatic N) is 1. The summed E-state index contributed by atoms with van der Waals surface area (Å²) in [6, 6.07) is 19.8. The molecule has 0 bridgehead atoms. The van der Waals surface area contributed by atoms with Gasteiger partial charge in [-0.05, 0) is 62.4 Å². The van der Waals surface area contributed by atoms with Crippen LogP contribution in [0.5, 0.6) is 0 Å². The Hall–Kier alpha value is -4.43. The molecule has 4 rings (SSSR count). The van der Waals surface area contributed by atoms with E-state index in [1.54, 1.807) is 43.3 Å². The number of amides is 3. The summed E-state index contributed by atoms with van der Waals surface area (Å²) in [5.74, 6) is -2.34. The van der Waals surface area contributed by atoms with Gasteiger partial charge in [0.1, 0.15) is 10.7 Å². The number of benzene rings is 3. The maximum absolute atomic E-state index is 13.1. The van der Waals surface area contributed by atoms with Gasteiger partial charge < -0.3 is 15.4 Å². The maximum Gasteiger partial charge on any atom is 0.338 e. The Morgan fingerprint density at radius 2 is 1.58 bits per heavy atom. The summed E-state index contributed by atoms with van der Waals surface area (Å²) in [5, 5.41) is 5.36. The molecule has 0 atom stereocenters. The first-order chi connectivity index (χ1) is 17.3. The molecule has 0 spiro atoms. The summed E-state index contributed by atoms with van der Waals surface area (Å²) >= 11 is 6.23. The Kier molecular flexibility index (Phi) is 7.17. The zero-order valence-corrected chi connectivity index (χ0v) is 20.3. The summed E-state index contributed by atoms with van der Waals surface area (Å²) in [6.45, 7) is 3.82. The van der Waals surface area contributed by atoms with Crippen LogP contribution < -0.4 is 15.5 Å². The molecule has 36 heavy (non-hydrogen) atoms. The van der Waals surface area contributed by atoms with E-state index in [9.17, 15) is 19.2 Å². The van der Waals surface area contributed by atoms with Crippen molar-refractivity contribution in [3.05, 3.63) is 100 Å². The minimum Gasteiger partial charge on any atom is -0.462 e. The van der Waals surface area contributed by atoms with Crippen LogP contribution in [0.3, 0.4) is 0 Å². The SMILES string of the molecule is CCOC(=O)c1cccc(N2C(=O)C(Cl)=C(Nc3cccc(C(=O)Nc4ccc(C)cc4)c3)C2=O)c1. The fourth-order valence-corrected chi connectivity index (χ4v) is 3.77.